The number of aliphatic hydroxyl groups is 1. The van der Waals surface area contributed by atoms with E-state index in [1.165, 1.54) is 4.90 Å². The van der Waals surface area contributed by atoms with Crippen molar-refractivity contribution in [1.29, 1.82) is 0 Å². The van der Waals surface area contributed by atoms with Crippen molar-refractivity contribution in [1.82, 2.24) is 4.90 Å². The lowest BCUT2D eigenvalue weighted by atomic mass is 9.86. The van der Waals surface area contributed by atoms with Gasteiger partial charge in [0, 0.05) is 23.6 Å². The van der Waals surface area contributed by atoms with Crippen LogP contribution in [0.3, 0.4) is 0 Å². The lowest BCUT2D eigenvalue weighted by Gasteiger charge is -2.30. The summed E-state index contributed by atoms with van der Waals surface area (Å²) >= 11 is 0. The number of aliphatic hydroxyl groups excluding tert-OH is 1. The first-order valence-corrected chi connectivity index (χ1v) is 6.24. The molecule has 17 heavy (non-hydrogen) atoms. The molecule has 2 atom stereocenters. The van der Waals surface area contributed by atoms with Crippen LogP contribution in [-0.2, 0) is 9.59 Å². The molecule has 4 nitrogen and oxygen atoms in total. The highest BCUT2D eigenvalue weighted by molar-refractivity contribution is 6.18. The first kappa shape index (κ1) is 12.3. The van der Waals surface area contributed by atoms with E-state index in [-0.39, 0.29) is 23.8 Å². The number of amides is 2. The highest BCUT2D eigenvalue weighted by Crippen LogP contribution is 2.28. The van der Waals surface area contributed by atoms with E-state index in [0.717, 1.165) is 25.7 Å². The average molecular weight is 237 g/mol. The Balaban J connectivity index is 2.05. The normalized spacial score (nSPS) is 30.4. The summed E-state index contributed by atoms with van der Waals surface area (Å²) in [5.74, 6) is -0.328. The molecule has 2 rings (SSSR count). The molecule has 0 bridgehead atoms. The Kier molecular flexibility index (Phi) is 3.33. The zero-order chi connectivity index (χ0) is 12.6. The molecule has 94 valence electrons. The van der Waals surface area contributed by atoms with Gasteiger partial charge in [-0.15, -0.1) is 0 Å². The largest absolute Gasteiger partial charge is 0.393 e. The molecule has 0 spiro atoms. The summed E-state index contributed by atoms with van der Waals surface area (Å²) in [6, 6.07) is 0. The number of nitrogens with zero attached hydrogens (tertiary/aromatic N) is 1. The van der Waals surface area contributed by atoms with Crippen LogP contribution < -0.4 is 0 Å². The van der Waals surface area contributed by atoms with Crippen LogP contribution in [0, 0.1) is 5.92 Å². The molecule has 0 aromatic rings. The Hall–Kier alpha value is -1.16. The number of carbonyl (C=O) groups excluding carboxylic acids is 2. The Bertz CT molecular complexity index is 362. The van der Waals surface area contributed by atoms with Gasteiger partial charge in [0.15, 0.2) is 0 Å². The van der Waals surface area contributed by atoms with Gasteiger partial charge in [0.05, 0.1) is 6.10 Å². The fraction of sp³-hybridized carbons (Fsp3) is 0.692. The Morgan fingerprint density at radius 1 is 1.12 bits per heavy atom. The van der Waals surface area contributed by atoms with Gasteiger partial charge in [0.2, 0.25) is 0 Å². The van der Waals surface area contributed by atoms with Crippen LogP contribution in [0.5, 0.6) is 0 Å². The second-order valence-corrected chi connectivity index (χ2v) is 5.08. The van der Waals surface area contributed by atoms with Gasteiger partial charge in [-0.05, 0) is 26.7 Å². The van der Waals surface area contributed by atoms with Crippen LogP contribution in [-0.4, -0.2) is 34.5 Å². The third kappa shape index (κ3) is 2.14. The summed E-state index contributed by atoms with van der Waals surface area (Å²) in [5, 5.41) is 9.87. The monoisotopic (exact) mass is 237 g/mol. The molecular formula is C13H19NO3. The molecule has 1 aliphatic carbocycles. The minimum atomic E-state index is -0.370. The van der Waals surface area contributed by atoms with E-state index in [0.29, 0.717) is 17.7 Å². The van der Waals surface area contributed by atoms with Crippen LogP contribution in [0.2, 0.25) is 0 Å². The predicted octanol–water partition coefficient (Wildman–Crippen LogP) is 1.24. The van der Waals surface area contributed by atoms with Crippen LogP contribution in [0.1, 0.15) is 39.5 Å². The molecule has 0 radical (unpaired) electrons. The van der Waals surface area contributed by atoms with E-state index in [1.54, 1.807) is 13.8 Å². The minimum absolute atomic E-state index is 0.0512. The van der Waals surface area contributed by atoms with Crippen molar-refractivity contribution < 1.29 is 14.7 Å². The minimum Gasteiger partial charge on any atom is -0.393 e. The van der Waals surface area contributed by atoms with Gasteiger partial charge in [0.1, 0.15) is 0 Å². The number of carbonyl (C=O) groups is 2. The predicted molar refractivity (Wildman–Crippen MR) is 63.1 cm³/mol. The molecule has 4 heteroatoms. The maximum atomic E-state index is 11.9. The van der Waals surface area contributed by atoms with Crippen molar-refractivity contribution in [2.45, 2.75) is 45.6 Å². The smallest absolute Gasteiger partial charge is 0.256 e. The van der Waals surface area contributed by atoms with Crippen LogP contribution in [0.15, 0.2) is 11.1 Å². The number of imide groups is 1. The quantitative estimate of drug-likeness (QED) is 0.735. The van der Waals surface area contributed by atoms with Crippen LogP contribution >= 0.6 is 0 Å². The van der Waals surface area contributed by atoms with E-state index >= 15 is 0 Å². The Labute approximate surface area is 101 Å². The SMILES string of the molecule is CC1=C(C)C(=O)N(CC2CCCCC2O)C1=O. The van der Waals surface area contributed by atoms with Crippen molar-refractivity contribution >= 4 is 11.8 Å². The van der Waals surface area contributed by atoms with Crippen molar-refractivity contribution in [3.8, 4) is 0 Å². The molecule has 0 aromatic carbocycles. The molecule has 1 aliphatic heterocycles. The zero-order valence-corrected chi connectivity index (χ0v) is 10.4. The Morgan fingerprint density at radius 3 is 2.18 bits per heavy atom. The molecule has 1 heterocycles. The fourth-order valence-corrected chi connectivity index (χ4v) is 2.62. The van der Waals surface area contributed by atoms with Crippen LogP contribution in [0.25, 0.3) is 0 Å². The molecule has 1 saturated carbocycles. The van der Waals surface area contributed by atoms with Gasteiger partial charge in [-0.2, -0.15) is 0 Å². The molecule has 1 N–H and O–H groups in total. The molecule has 0 saturated heterocycles. The number of hydrogen-bond acceptors (Lipinski definition) is 3. The molecular weight excluding hydrogens is 218 g/mol. The van der Waals surface area contributed by atoms with Gasteiger partial charge in [-0.3, -0.25) is 14.5 Å². The van der Waals surface area contributed by atoms with Crippen molar-refractivity contribution in [2.75, 3.05) is 6.54 Å². The van der Waals surface area contributed by atoms with Gasteiger partial charge in [-0.25, -0.2) is 0 Å². The third-order valence-electron chi connectivity index (χ3n) is 3.98. The summed E-state index contributed by atoms with van der Waals surface area (Å²) in [7, 11) is 0. The van der Waals surface area contributed by atoms with Crippen molar-refractivity contribution in [3.05, 3.63) is 11.1 Å². The van der Waals surface area contributed by atoms with Gasteiger partial charge in [0.25, 0.3) is 11.8 Å². The molecule has 1 fully saturated rings. The number of rotatable bonds is 2. The molecule has 2 amide bonds. The second-order valence-electron chi connectivity index (χ2n) is 5.08. The van der Waals surface area contributed by atoms with Gasteiger partial charge < -0.3 is 5.11 Å². The molecule has 2 aliphatic rings. The third-order valence-corrected chi connectivity index (χ3v) is 3.98. The van der Waals surface area contributed by atoms with Gasteiger partial charge in [-0.1, -0.05) is 12.8 Å². The fourth-order valence-electron chi connectivity index (χ4n) is 2.62. The number of hydrogen-bond donors (Lipinski definition) is 1. The van der Waals surface area contributed by atoms with E-state index in [1.807, 2.05) is 0 Å². The zero-order valence-electron chi connectivity index (χ0n) is 10.4. The summed E-state index contributed by atoms with van der Waals surface area (Å²) in [5.41, 5.74) is 1.08. The lowest BCUT2D eigenvalue weighted by Crippen LogP contribution is -2.40. The highest BCUT2D eigenvalue weighted by atomic mass is 16.3. The Morgan fingerprint density at radius 2 is 1.65 bits per heavy atom. The summed E-state index contributed by atoms with van der Waals surface area (Å²) < 4.78 is 0. The summed E-state index contributed by atoms with van der Waals surface area (Å²) in [6.45, 7) is 3.74. The average Bonchev–Trinajstić information content (AvgIpc) is 2.50. The summed E-state index contributed by atoms with van der Waals surface area (Å²) in [6.07, 6.45) is 3.42. The van der Waals surface area contributed by atoms with E-state index < -0.39 is 0 Å². The standard InChI is InChI=1S/C13H19NO3/c1-8-9(2)13(17)14(12(8)16)7-10-5-3-4-6-11(10)15/h10-11,15H,3-7H2,1-2H3. The first-order valence-electron chi connectivity index (χ1n) is 6.24. The van der Waals surface area contributed by atoms with E-state index in [2.05, 4.69) is 0 Å². The second kappa shape index (κ2) is 4.61. The summed E-state index contributed by atoms with van der Waals surface area (Å²) in [4.78, 5) is 25.0. The molecule has 2 unspecified atom stereocenters. The highest BCUT2D eigenvalue weighted by Gasteiger charge is 2.36. The lowest BCUT2D eigenvalue weighted by molar-refractivity contribution is -0.139. The maximum absolute atomic E-state index is 11.9. The van der Waals surface area contributed by atoms with E-state index in [4.69, 9.17) is 0 Å². The first-order chi connectivity index (χ1) is 8.02. The molecule has 0 aromatic heterocycles. The van der Waals surface area contributed by atoms with Crippen molar-refractivity contribution in [2.24, 2.45) is 5.92 Å². The van der Waals surface area contributed by atoms with Gasteiger partial charge >= 0.3 is 0 Å². The van der Waals surface area contributed by atoms with E-state index in [9.17, 15) is 14.7 Å². The van der Waals surface area contributed by atoms with Crippen LogP contribution in [0.4, 0.5) is 0 Å². The maximum Gasteiger partial charge on any atom is 0.256 e. The van der Waals surface area contributed by atoms with Crippen molar-refractivity contribution in [3.63, 3.8) is 0 Å². The topological polar surface area (TPSA) is 57.6 Å².